The molecule has 4 aromatic rings. The molecule has 0 radical (unpaired) electrons. The van der Waals surface area contributed by atoms with Crippen LogP contribution in [0.2, 0.25) is 0 Å². The number of benzene rings is 4. The first-order chi connectivity index (χ1) is 33.5. The van der Waals surface area contributed by atoms with Crippen LogP contribution < -0.4 is 23.7 Å². The fraction of sp³-hybridized carbons (Fsp3) is 0.467. The van der Waals surface area contributed by atoms with E-state index < -0.39 is 5.97 Å². The van der Waals surface area contributed by atoms with Gasteiger partial charge in [-0.1, -0.05) is 145 Å². The highest BCUT2D eigenvalue weighted by Crippen LogP contribution is 2.29. The number of hydrogen-bond donors (Lipinski definition) is 0. The first kappa shape index (κ1) is 53.2. The molecule has 1 saturated carbocycles. The van der Waals surface area contributed by atoms with Crippen LogP contribution in [0.4, 0.5) is 0 Å². The molecule has 0 N–H and O–H groups in total. The average molecular weight is 925 g/mol. The van der Waals surface area contributed by atoms with Gasteiger partial charge in [0.1, 0.15) is 28.7 Å². The molecule has 8 nitrogen and oxygen atoms in total. The first-order valence-corrected chi connectivity index (χ1v) is 25.6. The third-order valence-corrected chi connectivity index (χ3v) is 12.4. The van der Waals surface area contributed by atoms with Crippen LogP contribution in [0.15, 0.2) is 110 Å². The van der Waals surface area contributed by atoms with Crippen LogP contribution >= 0.6 is 0 Å². The monoisotopic (exact) mass is 925 g/mol. The third kappa shape index (κ3) is 22.3. The predicted molar refractivity (Wildman–Crippen MR) is 275 cm³/mol. The number of hydrogen-bond acceptors (Lipinski definition) is 8. The Hall–Kier alpha value is -5.78. The quantitative estimate of drug-likeness (QED) is 0.0202. The van der Waals surface area contributed by atoms with Gasteiger partial charge in [-0.25, -0.2) is 4.79 Å². The van der Waals surface area contributed by atoms with Crippen molar-refractivity contribution in [3.63, 3.8) is 0 Å². The minimum absolute atomic E-state index is 0.142. The lowest BCUT2D eigenvalue weighted by atomic mass is 9.87. The fourth-order valence-electron chi connectivity index (χ4n) is 8.23. The Balaban J connectivity index is 0.807. The predicted octanol–water partition coefficient (Wildman–Crippen LogP) is 15.0. The van der Waals surface area contributed by atoms with Crippen molar-refractivity contribution in [3.8, 4) is 40.6 Å². The van der Waals surface area contributed by atoms with Crippen LogP contribution in [0.25, 0.3) is 12.2 Å². The van der Waals surface area contributed by atoms with Gasteiger partial charge in [0, 0.05) is 18.1 Å². The Morgan fingerprint density at radius 3 is 1.21 bits per heavy atom. The lowest BCUT2D eigenvalue weighted by Gasteiger charge is -2.27. The normalized spacial score (nSPS) is 14.2. The van der Waals surface area contributed by atoms with Crippen molar-refractivity contribution < 1.29 is 38.0 Å². The highest BCUT2D eigenvalue weighted by Gasteiger charge is 2.28. The maximum Gasteiger partial charge on any atom is 0.390 e. The summed E-state index contributed by atoms with van der Waals surface area (Å²) in [6.45, 7) is 10.6. The summed E-state index contributed by atoms with van der Waals surface area (Å²) in [6.07, 6.45) is 28.9. The van der Waals surface area contributed by atoms with Crippen molar-refractivity contribution in [1.82, 2.24) is 0 Å². The maximum absolute atomic E-state index is 12.9. The largest absolute Gasteiger partial charge is 0.494 e. The van der Waals surface area contributed by atoms with Crippen LogP contribution in [0, 0.1) is 17.8 Å². The molecule has 8 heteroatoms. The van der Waals surface area contributed by atoms with Gasteiger partial charge in [-0.2, -0.15) is 0 Å². The summed E-state index contributed by atoms with van der Waals surface area (Å²) in [6, 6.07) is 30.0. The second kappa shape index (κ2) is 32.8. The molecular formula is C60H76O8. The van der Waals surface area contributed by atoms with Crippen molar-refractivity contribution >= 4 is 24.1 Å². The lowest BCUT2D eigenvalue weighted by molar-refractivity contribution is -0.141. The standard InChI is InChI=1S/C60H76O8/c1-3-49-23-32-53(33-24-49)63-45-19-15-11-7-5-9-13-17-21-47-65-55-36-27-51(28-37-55)29-44-59(61)67-57-40-42-58(43-41-57)68-60(62)52-30-38-56(39-31-52)66-48-22-18-14-10-6-8-12-16-20-46-64-54-34-25-50(4-2)26-35-54/h3-4,23-28,32-37,40-43,52,56H,1-2,5-22,30-31,38-39,45-48H2. The van der Waals surface area contributed by atoms with Crippen molar-refractivity contribution in [2.45, 2.75) is 147 Å². The van der Waals surface area contributed by atoms with Crippen LogP contribution in [-0.2, 0) is 14.3 Å². The van der Waals surface area contributed by atoms with E-state index in [0.29, 0.717) is 23.7 Å². The molecule has 364 valence electrons. The average Bonchev–Trinajstić information content (AvgIpc) is 3.37. The van der Waals surface area contributed by atoms with E-state index in [9.17, 15) is 9.59 Å². The van der Waals surface area contributed by atoms with E-state index in [1.807, 2.05) is 84.9 Å². The summed E-state index contributed by atoms with van der Waals surface area (Å²) in [5.74, 6) is 7.75. The van der Waals surface area contributed by atoms with Crippen LogP contribution in [0.3, 0.4) is 0 Å². The summed E-state index contributed by atoms with van der Waals surface area (Å²) >= 11 is 0. The number of carbonyl (C=O) groups excluding carboxylic acids is 2. The molecule has 0 saturated heterocycles. The molecule has 5 rings (SSSR count). The van der Waals surface area contributed by atoms with Gasteiger partial charge in [0.15, 0.2) is 0 Å². The minimum atomic E-state index is -0.669. The van der Waals surface area contributed by atoms with Crippen molar-refractivity contribution in [2.75, 3.05) is 26.4 Å². The van der Waals surface area contributed by atoms with E-state index in [2.05, 4.69) is 25.0 Å². The minimum Gasteiger partial charge on any atom is -0.494 e. The Morgan fingerprint density at radius 1 is 0.441 bits per heavy atom. The van der Waals surface area contributed by atoms with Gasteiger partial charge < -0.3 is 28.4 Å². The van der Waals surface area contributed by atoms with Gasteiger partial charge in [0.25, 0.3) is 0 Å². The third-order valence-electron chi connectivity index (χ3n) is 12.4. The molecule has 0 aliphatic heterocycles. The molecule has 0 atom stereocenters. The lowest BCUT2D eigenvalue weighted by Crippen LogP contribution is -2.29. The van der Waals surface area contributed by atoms with E-state index in [4.69, 9.17) is 28.4 Å². The van der Waals surface area contributed by atoms with Crippen LogP contribution in [0.1, 0.15) is 158 Å². The summed E-state index contributed by atoms with van der Waals surface area (Å²) < 4.78 is 34.8. The molecule has 1 aliphatic carbocycles. The van der Waals surface area contributed by atoms with Gasteiger partial charge in [0.05, 0.1) is 31.8 Å². The van der Waals surface area contributed by atoms with Gasteiger partial charge in [-0.05, 0) is 135 Å². The molecule has 0 amide bonds. The second-order valence-corrected chi connectivity index (χ2v) is 17.9. The number of unbranched alkanes of at least 4 members (excludes halogenated alkanes) is 16. The summed E-state index contributed by atoms with van der Waals surface area (Å²) in [7, 11) is 0. The number of rotatable bonds is 33. The Kier molecular flexibility index (Phi) is 25.7. The molecule has 68 heavy (non-hydrogen) atoms. The smallest absolute Gasteiger partial charge is 0.390 e. The van der Waals surface area contributed by atoms with Crippen molar-refractivity contribution in [1.29, 1.82) is 0 Å². The fourth-order valence-corrected chi connectivity index (χ4v) is 8.23. The zero-order valence-corrected chi connectivity index (χ0v) is 40.6. The number of carbonyl (C=O) groups is 2. The molecule has 1 aliphatic rings. The van der Waals surface area contributed by atoms with Gasteiger partial charge in [0.2, 0.25) is 0 Å². The van der Waals surface area contributed by atoms with E-state index >= 15 is 0 Å². The van der Waals surface area contributed by atoms with E-state index in [0.717, 1.165) is 106 Å². The van der Waals surface area contributed by atoms with E-state index in [-0.39, 0.29) is 18.0 Å². The first-order valence-electron chi connectivity index (χ1n) is 25.6. The molecule has 0 spiro atoms. The topological polar surface area (TPSA) is 89.5 Å². The molecular weight excluding hydrogens is 849 g/mol. The molecule has 0 heterocycles. The number of ether oxygens (including phenoxy) is 6. The van der Waals surface area contributed by atoms with Crippen LogP contribution in [-0.4, -0.2) is 44.5 Å². The molecule has 0 bridgehead atoms. The van der Waals surface area contributed by atoms with Gasteiger partial charge in [-0.15, -0.1) is 0 Å². The highest BCUT2D eigenvalue weighted by molar-refractivity contribution is 5.90. The summed E-state index contributed by atoms with van der Waals surface area (Å²) in [4.78, 5) is 25.4. The van der Waals surface area contributed by atoms with Gasteiger partial charge in [-0.3, -0.25) is 4.79 Å². The van der Waals surface area contributed by atoms with Crippen molar-refractivity contribution in [2.24, 2.45) is 5.92 Å². The second-order valence-electron chi connectivity index (χ2n) is 17.9. The Morgan fingerprint density at radius 2 is 0.794 bits per heavy atom. The summed E-state index contributed by atoms with van der Waals surface area (Å²) in [5.41, 5.74) is 2.91. The zero-order chi connectivity index (χ0) is 47.7. The SMILES string of the molecule is C=Cc1ccc(OCCCCCCCCCCCOc2ccc(C#CC(=O)Oc3ccc(OC(=O)C4CCC(OCCCCCCCCCCCOc5ccc(C=C)cc5)CC4)cc3)cc2)cc1. The van der Waals surface area contributed by atoms with Crippen LogP contribution in [0.5, 0.6) is 28.7 Å². The Bertz CT molecular complexity index is 2070. The van der Waals surface area contributed by atoms with E-state index in [1.54, 1.807) is 24.3 Å². The molecule has 4 aromatic carbocycles. The molecule has 1 fully saturated rings. The van der Waals surface area contributed by atoms with E-state index in [1.165, 1.54) is 83.5 Å². The molecule has 0 unspecified atom stereocenters. The van der Waals surface area contributed by atoms with Crippen molar-refractivity contribution in [3.05, 3.63) is 127 Å². The maximum atomic E-state index is 12.9. The Labute approximate surface area is 407 Å². The summed E-state index contributed by atoms with van der Waals surface area (Å²) in [5, 5.41) is 0. The molecule has 0 aromatic heterocycles. The highest BCUT2D eigenvalue weighted by atomic mass is 16.5. The zero-order valence-electron chi connectivity index (χ0n) is 40.6. The van der Waals surface area contributed by atoms with Gasteiger partial charge >= 0.3 is 11.9 Å². The number of esters is 2.